The lowest BCUT2D eigenvalue weighted by Gasteiger charge is -2.17. The van der Waals surface area contributed by atoms with Gasteiger partial charge in [-0.15, -0.1) is 0 Å². The first kappa shape index (κ1) is 15.6. The van der Waals surface area contributed by atoms with E-state index in [1.54, 1.807) is 4.90 Å². The van der Waals surface area contributed by atoms with Crippen LogP contribution < -0.4 is 11.1 Å². The number of carbonyl (C=O) groups is 2. The molecule has 6 heteroatoms. The topological polar surface area (TPSA) is 75.4 Å². The second-order valence-electron chi connectivity index (χ2n) is 5.51. The van der Waals surface area contributed by atoms with Crippen LogP contribution in [0.3, 0.4) is 0 Å². The first-order valence-corrected chi connectivity index (χ1v) is 7.42. The van der Waals surface area contributed by atoms with E-state index in [4.69, 9.17) is 17.3 Å². The standard InChI is InChI=1S/C15H20ClN3O2/c1-10(7-11-3-2-4-12(16)8-11)14(20)18-13-5-6-19(9-13)15(17)21/h2-4,8,10,13H,5-7,9H2,1H3,(H2,17,21)(H,18,20)/t10-,13+/m0/s1. The lowest BCUT2D eigenvalue weighted by molar-refractivity contribution is -0.125. The van der Waals surface area contributed by atoms with Crippen LogP contribution in [-0.4, -0.2) is 36.0 Å². The number of likely N-dealkylation sites (tertiary alicyclic amines) is 1. The van der Waals surface area contributed by atoms with Gasteiger partial charge < -0.3 is 16.0 Å². The number of nitrogens with zero attached hydrogens (tertiary/aromatic N) is 1. The average molecular weight is 310 g/mol. The predicted molar refractivity (Wildman–Crippen MR) is 82.0 cm³/mol. The van der Waals surface area contributed by atoms with Gasteiger partial charge in [-0.1, -0.05) is 30.7 Å². The summed E-state index contributed by atoms with van der Waals surface area (Å²) in [5.74, 6) is -0.155. The molecule has 0 unspecified atom stereocenters. The Labute approximate surface area is 129 Å². The summed E-state index contributed by atoms with van der Waals surface area (Å²) in [6.45, 7) is 2.98. The SMILES string of the molecule is C[C@@H](Cc1cccc(Cl)c1)C(=O)N[C@@H]1CCN(C(N)=O)C1. The summed E-state index contributed by atoms with van der Waals surface area (Å²) in [6.07, 6.45) is 1.39. The molecule has 1 fully saturated rings. The van der Waals surface area contributed by atoms with Gasteiger partial charge >= 0.3 is 6.03 Å². The summed E-state index contributed by atoms with van der Waals surface area (Å²) in [6, 6.07) is 7.08. The summed E-state index contributed by atoms with van der Waals surface area (Å²) < 4.78 is 0. The minimum Gasteiger partial charge on any atom is -0.351 e. The number of carbonyl (C=O) groups excluding carboxylic acids is 2. The molecule has 2 rings (SSSR count). The average Bonchev–Trinajstić information content (AvgIpc) is 2.87. The number of rotatable bonds is 4. The predicted octanol–water partition coefficient (Wildman–Crippen LogP) is 1.79. The zero-order valence-corrected chi connectivity index (χ0v) is 12.8. The Kier molecular flexibility index (Phi) is 5.07. The van der Waals surface area contributed by atoms with Crippen molar-refractivity contribution < 1.29 is 9.59 Å². The number of primary amides is 1. The van der Waals surface area contributed by atoms with Crippen LogP contribution in [0, 0.1) is 5.92 Å². The molecule has 21 heavy (non-hydrogen) atoms. The highest BCUT2D eigenvalue weighted by Crippen LogP contribution is 2.15. The van der Waals surface area contributed by atoms with Crippen molar-refractivity contribution in [3.63, 3.8) is 0 Å². The third-order valence-electron chi connectivity index (χ3n) is 3.72. The van der Waals surface area contributed by atoms with Crippen molar-refractivity contribution in [3.8, 4) is 0 Å². The van der Waals surface area contributed by atoms with Gasteiger partial charge in [-0.05, 0) is 30.5 Å². The van der Waals surface area contributed by atoms with Gasteiger partial charge in [0.05, 0.1) is 0 Å². The maximum atomic E-state index is 12.2. The maximum absolute atomic E-state index is 12.2. The molecular weight excluding hydrogens is 290 g/mol. The highest BCUT2D eigenvalue weighted by atomic mass is 35.5. The third-order valence-corrected chi connectivity index (χ3v) is 3.96. The van der Waals surface area contributed by atoms with Crippen molar-refractivity contribution in [3.05, 3.63) is 34.9 Å². The fourth-order valence-corrected chi connectivity index (χ4v) is 2.74. The van der Waals surface area contributed by atoms with Gasteiger partial charge in [-0.2, -0.15) is 0 Å². The zero-order valence-electron chi connectivity index (χ0n) is 12.0. The molecule has 0 saturated carbocycles. The third kappa shape index (κ3) is 4.36. The number of nitrogens with one attached hydrogen (secondary N) is 1. The maximum Gasteiger partial charge on any atom is 0.314 e. The van der Waals surface area contributed by atoms with Crippen molar-refractivity contribution >= 4 is 23.5 Å². The van der Waals surface area contributed by atoms with Crippen LogP contribution in [0.1, 0.15) is 18.9 Å². The minimum absolute atomic E-state index is 0.00758. The van der Waals surface area contributed by atoms with Crippen LogP contribution in [-0.2, 0) is 11.2 Å². The van der Waals surface area contributed by atoms with E-state index in [1.165, 1.54) is 0 Å². The summed E-state index contributed by atoms with van der Waals surface area (Å²) in [5, 5.41) is 3.65. The van der Waals surface area contributed by atoms with Gasteiger partial charge in [0.1, 0.15) is 0 Å². The van der Waals surface area contributed by atoms with E-state index in [1.807, 2.05) is 31.2 Å². The van der Waals surface area contributed by atoms with E-state index >= 15 is 0 Å². The quantitative estimate of drug-likeness (QED) is 0.889. The molecule has 1 aromatic rings. The van der Waals surface area contributed by atoms with Crippen molar-refractivity contribution in [2.45, 2.75) is 25.8 Å². The van der Waals surface area contributed by atoms with Crippen LogP contribution in [0.2, 0.25) is 5.02 Å². The first-order chi connectivity index (χ1) is 9.95. The minimum atomic E-state index is -0.432. The number of nitrogens with two attached hydrogens (primary N) is 1. The van der Waals surface area contributed by atoms with E-state index in [-0.39, 0.29) is 17.9 Å². The molecule has 0 radical (unpaired) electrons. The van der Waals surface area contributed by atoms with Crippen molar-refractivity contribution in [2.75, 3.05) is 13.1 Å². The van der Waals surface area contributed by atoms with Crippen molar-refractivity contribution in [2.24, 2.45) is 11.7 Å². The Hall–Kier alpha value is -1.75. The fourth-order valence-electron chi connectivity index (χ4n) is 2.53. The molecule has 1 aliphatic heterocycles. The summed E-state index contributed by atoms with van der Waals surface area (Å²) in [4.78, 5) is 24.8. The summed E-state index contributed by atoms with van der Waals surface area (Å²) in [5.41, 5.74) is 6.27. The van der Waals surface area contributed by atoms with Gasteiger partial charge in [0.25, 0.3) is 0 Å². The van der Waals surface area contributed by atoms with E-state index in [2.05, 4.69) is 5.32 Å². The van der Waals surface area contributed by atoms with Crippen LogP contribution in [0.15, 0.2) is 24.3 Å². The van der Waals surface area contributed by atoms with Gasteiger partial charge in [-0.25, -0.2) is 4.79 Å². The largest absolute Gasteiger partial charge is 0.351 e. The Bertz CT molecular complexity index is 535. The number of hydrogen-bond donors (Lipinski definition) is 2. The molecule has 0 aromatic heterocycles. The number of halogens is 1. The van der Waals surface area contributed by atoms with E-state index < -0.39 is 6.03 Å². The normalized spacial score (nSPS) is 19.3. The molecular formula is C15H20ClN3O2. The van der Waals surface area contributed by atoms with Gasteiger partial charge in [0.15, 0.2) is 0 Å². The van der Waals surface area contributed by atoms with Crippen LogP contribution in [0.4, 0.5) is 4.79 Å². The van der Waals surface area contributed by atoms with E-state index in [9.17, 15) is 9.59 Å². The lowest BCUT2D eigenvalue weighted by Crippen LogP contribution is -2.42. The van der Waals surface area contributed by atoms with Gasteiger partial charge in [0, 0.05) is 30.1 Å². The smallest absolute Gasteiger partial charge is 0.314 e. The lowest BCUT2D eigenvalue weighted by atomic mass is 10.00. The highest BCUT2D eigenvalue weighted by molar-refractivity contribution is 6.30. The van der Waals surface area contributed by atoms with E-state index in [0.29, 0.717) is 24.5 Å². The molecule has 3 amide bonds. The number of hydrogen-bond acceptors (Lipinski definition) is 2. The molecule has 0 spiro atoms. The molecule has 1 aromatic carbocycles. The van der Waals surface area contributed by atoms with Crippen molar-refractivity contribution in [1.29, 1.82) is 0 Å². The molecule has 2 atom stereocenters. The Morgan fingerprint density at radius 2 is 2.29 bits per heavy atom. The number of amides is 3. The first-order valence-electron chi connectivity index (χ1n) is 7.05. The molecule has 0 bridgehead atoms. The zero-order chi connectivity index (χ0) is 15.4. The van der Waals surface area contributed by atoms with Gasteiger partial charge in [-0.3, -0.25) is 4.79 Å². The molecule has 5 nitrogen and oxygen atoms in total. The number of urea groups is 1. The Morgan fingerprint density at radius 1 is 1.52 bits per heavy atom. The highest BCUT2D eigenvalue weighted by Gasteiger charge is 2.27. The Balaban J connectivity index is 1.84. The van der Waals surface area contributed by atoms with Crippen molar-refractivity contribution in [1.82, 2.24) is 10.2 Å². The molecule has 1 heterocycles. The Morgan fingerprint density at radius 3 is 2.90 bits per heavy atom. The molecule has 1 saturated heterocycles. The second kappa shape index (κ2) is 6.80. The summed E-state index contributed by atoms with van der Waals surface area (Å²) >= 11 is 5.94. The molecule has 1 aliphatic rings. The monoisotopic (exact) mass is 309 g/mol. The number of benzene rings is 1. The van der Waals surface area contributed by atoms with Crippen LogP contribution in [0.5, 0.6) is 0 Å². The van der Waals surface area contributed by atoms with Crippen LogP contribution >= 0.6 is 11.6 Å². The second-order valence-corrected chi connectivity index (χ2v) is 5.95. The molecule has 114 valence electrons. The molecule has 3 N–H and O–H groups in total. The molecule has 0 aliphatic carbocycles. The van der Waals surface area contributed by atoms with E-state index in [0.717, 1.165) is 12.0 Å². The fraction of sp³-hybridized carbons (Fsp3) is 0.467. The van der Waals surface area contributed by atoms with Gasteiger partial charge in [0.2, 0.25) is 5.91 Å². The van der Waals surface area contributed by atoms with Crippen LogP contribution in [0.25, 0.3) is 0 Å². The summed E-state index contributed by atoms with van der Waals surface area (Å²) in [7, 11) is 0.